The molecule has 24 heavy (non-hydrogen) atoms. The lowest BCUT2D eigenvalue weighted by Crippen LogP contribution is -2.42. The summed E-state index contributed by atoms with van der Waals surface area (Å²) in [7, 11) is 1.56. The van der Waals surface area contributed by atoms with E-state index in [2.05, 4.69) is 5.32 Å². The number of aliphatic hydroxyl groups is 1. The Hall–Kier alpha value is -1.73. The Morgan fingerprint density at radius 1 is 1.50 bits per heavy atom. The number of thioether (sulfide) groups is 1. The maximum absolute atomic E-state index is 12.4. The summed E-state index contributed by atoms with van der Waals surface area (Å²) in [6.45, 7) is 0.231. The molecule has 7 heteroatoms. The molecule has 0 saturated carbocycles. The summed E-state index contributed by atoms with van der Waals surface area (Å²) >= 11 is 1.67. The fourth-order valence-electron chi connectivity index (χ4n) is 2.76. The number of benzene rings is 1. The van der Waals surface area contributed by atoms with Gasteiger partial charge in [0.15, 0.2) is 0 Å². The number of methoxy groups -OCH3 is 1. The van der Waals surface area contributed by atoms with Gasteiger partial charge in [-0.3, -0.25) is 9.59 Å². The summed E-state index contributed by atoms with van der Waals surface area (Å²) in [5.41, 5.74) is 0.682. The first-order valence-electron chi connectivity index (χ1n) is 7.94. The largest absolute Gasteiger partial charge is 0.495 e. The Morgan fingerprint density at radius 2 is 2.25 bits per heavy atom. The van der Waals surface area contributed by atoms with Crippen molar-refractivity contribution < 1.29 is 19.4 Å². The van der Waals surface area contributed by atoms with Gasteiger partial charge in [-0.05, 0) is 30.6 Å². The zero-order valence-corrected chi connectivity index (χ0v) is 14.8. The van der Waals surface area contributed by atoms with E-state index >= 15 is 0 Å². The average Bonchev–Trinajstić information content (AvgIpc) is 3.00. The number of aliphatic hydroxyl groups excluding tert-OH is 1. The number of amides is 2. The Balaban J connectivity index is 2.02. The fourth-order valence-corrected chi connectivity index (χ4v) is 3.28. The van der Waals surface area contributed by atoms with Crippen LogP contribution in [0.1, 0.15) is 12.8 Å². The van der Waals surface area contributed by atoms with Crippen molar-refractivity contribution in [2.75, 3.05) is 37.2 Å². The Kier molecular flexibility index (Phi) is 6.93. The first-order chi connectivity index (χ1) is 11.6. The molecular formula is C17H24N2O4S. The molecule has 0 unspecified atom stereocenters. The summed E-state index contributed by atoms with van der Waals surface area (Å²) in [4.78, 5) is 26.3. The standard InChI is InChI=1S/C17H24N2O4S/c1-23-15-6-4-3-5-14(15)19-10-12(9-16(19)21)17(22)18-13(11-20)7-8-24-2/h3-6,12-13,20H,7-11H2,1-2H3,(H,18,22)/t12-,13-/m0/s1. The molecule has 0 spiro atoms. The summed E-state index contributed by atoms with van der Waals surface area (Å²) < 4.78 is 5.30. The minimum atomic E-state index is -0.411. The number of anilines is 1. The van der Waals surface area contributed by atoms with Crippen LogP contribution in [0.25, 0.3) is 0 Å². The molecule has 2 N–H and O–H groups in total. The van der Waals surface area contributed by atoms with E-state index in [4.69, 9.17) is 4.74 Å². The Morgan fingerprint density at radius 3 is 2.92 bits per heavy atom. The van der Waals surface area contributed by atoms with Crippen LogP contribution in [0.3, 0.4) is 0 Å². The van der Waals surface area contributed by atoms with Gasteiger partial charge >= 0.3 is 0 Å². The number of ether oxygens (including phenoxy) is 1. The molecule has 132 valence electrons. The van der Waals surface area contributed by atoms with E-state index < -0.39 is 5.92 Å². The molecule has 1 fully saturated rings. The van der Waals surface area contributed by atoms with Crippen molar-refractivity contribution >= 4 is 29.3 Å². The van der Waals surface area contributed by atoms with Gasteiger partial charge in [0.1, 0.15) is 5.75 Å². The summed E-state index contributed by atoms with van der Waals surface area (Å²) in [5, 5.41) is 12.2. The maximum Gasteiger partial charge on any atom is 0.227 e. The third kappa shape index (κ3) is 4.42. The second-order valence-electron chi connectivity index (χ2n) is 5.75. The van der Waals surface area contributed by atoms with Crippen LogP contribution < -0.4 is 15.0 Å². The molecule has 2 atom stereocenters. The molecule has 2 rings (SSSR count). The van der Waals surface area contributed by atoms with Crippen LogP contribution in [0.2, 0.25) is 0 Å². The minimum absolute atomic E-state index is 0.0932. The fraction of sp³-hybridized carbons (Fsp3) is 0.529. The molecule has 0 radical (unpaired) electrons. The molecule has 1 heterocycles. The molecule has 1 aliphatic rings. The van der Waals surface area contributed by atoms with E-state index in [1.54, 1.807) is 29.8 Å². The van der Waals surface area contributed by atoms with Gasteiger partial charge in [0, 0.05) is 13.0 Å². The second kappa shape index (κ2) is 8.94. The molecule has 2 amide bonds. The topological polar surface area (TPSA) is 78.9 Å². The van der Waals surface area contributed by atoms with Crippen LogP contribution in [0, 0.1) is 5.92 Å². The lowest BCUT2D eigenvalue weighted by molar-refractivity contribution is -0.127. The zero-order valence-electron chi connectivity index (χ0n) is 14.0. The third-order valence-electron chi connectivity index (χ3n) is 4.11. The van der Waals surface area contributed by atoms with Crippen LogP contribution in [0.5, 0.6) is 5.75 Å². The highest BCUT2D eigenvalue weighted by Crippen LogP contribution is 2.32. The monoisotopic (exact) mass is 352 g/mol. The molecule has 1 saturated heterocycles. The average molecular weight is 352 g/mol. The highest BCUT2D eigenvalue weighted by Gasteiger charge is 2.36. The van der Waals surface area contributed by atoms with Gasteiger partial charge in [0.2, 0.25) is 11.8 Å². The van der Waals surface area contributed by atoms with E-state index in [1.807, 2.05) is 24.5 Å². The zero-order chi connectivity index (χ0) is 17.5. The molecule has 6 nitrogen and oxygen atoms in total. The molecule has 1 aromatic rings. The SMILES string of the molecule is COc1ccccc1N1C[C@@H](C(=O)N[C@H](CO)CCSC)CC1=O. The minimum Gasteiger partial charge on any atom is -0.495 e. The van der Waals surface area contributed by atoms with E-state index in [0.717, 1.165) is 5.75 Å². The van der Waals surface area contributed by atoms with Crippen LogP contribution in [-0.2, 0) is 9.59 Å². The van der Waals surface area contributed by atoms with Crippen molar-refractivity contribution in [1.82, 2.24) is 5.32 Å². The van der Waals surface area contributed by atoms with Crippen molar-refractivity contribution in [3.8, 4) is 5.75 Å². The first kappa shape index (κ1) is 18.6. The predicted molar refractivity (Wildman–Crippen MR) is 95.5 cm³/mol. The quantitative estimate of drug-likeness (QED) is 0.737. The lowest BCUT2D eigenvalue weighted by Gasteiger charge is -2.20. The smallest absolute Gasteiger partial charge is 0.227 e. The normalized spacial score (nSPS) is 18.5. The molecule has 1 aliphatic heterocycles. The first-order valence-corrected chi connectivity index (χ1v) is 9.33. The molecule has 0 aromatic heterocycles. The molecule has 1 aromatic carbocycles. The van der Waals surface area contributed by atoms with E-state index in [-0.39, 0.29) is 30.9 Å². The van der Waals surface area contributed by atoms with Gasteiger partial charge in [0.05, 0.1) is 31.4 Å². The highest BCUT2D eigenvalue weighted by atomic mass is 32.2. The number of nitrogens with one attached hydrogen (secondary N) is 1. The predicted octanol–water partition coefficient (Wildman–Crippen LogP) is 1.28. The second-order valence-corrected chi connectivity index (χ2v) is 6.73. The molecule has 0 aliphatic carbocycles. The number of hydrogen-bond donors (Lipinski definition) is 2. The maximum atomic E-state index is 12.4. The lowest BCUT2D eigenvalue weighted by atomic mass is 10.1. The number of carbonyl (C=O) groups is 2. The van der Waals surface area contributed by atoms with Crippen LogP contribution in [-0.4, -0.2) is 55.2 Å². The molecular weight excluding hydrogens is 328 g/mol. The third-order valence-corrected chi connectivity index (χ3v) is 4.75. The van der Waals surface area contributed by atoms with E-state index in [0.29, 0.717) is 24.4 Å². The Labute approximate surface area is 146 Å². The van der Waals surface area contributed by atoms with Crippen LogP contribution in [0.15, 0.2) is 24.3 Å². The van der Waals surface area contributed by atoms with Gasteiger partial charge < -0.3 is 20.1 Å². The summed E-state index contributed by atoms with van der Waals surface area (Å²) in [6.07, 6.45) is 2.86. The van der Waals surface area contributed by atoms with Gasteiger partial charge in [0.25, 0.3) is 0 Å². The number of para-hydroxylation sites is 2. The van der Waals surface area contributed by atoms with Gasteiger partial charge in [-0.15, -0.1) is 0 Å². The van der Waals surface area contributed by atoms with Gasteiger partial charge in [-0.2, -0.15) is 11.8 Å². The van der Waals surface area contributed by atoms with E-state index in [1.165, 1.54) is 0 Å². The Bertz CT molecular complexity index is 581. The van der Waals surface area contributed by atoms with Crippen molar-refractivity contribution in [2.24, 2.45) is 5.92 Å². The summed E-state index contributed by atoms with van der Waals surface area (Å²) in [6, 6.07) is 7.01. The number of carbonyl (C=O) groups excluding carboxylic acids is 2. The van der Waals surface area contributed by atoms with Crippen molar-refractivity contribution in [1.29, 1.82) is 0 Å². The van der Waals surface area contributed by atoms with Gasteiger partial charge in [-0.25, -0.2) is 0 Å². The van der Waals surface area contributed by atoms with Gasteiger partial charge in [-0.1, -0.05) is 12.1 Å². The highest BCUT2D eigenvalue weighted by molar-refractivity contribution is 7.98. The van der Waals surface area contributed by atoms with Crippen LogP contribution in [0.4, 0.5) is 5.69 Å². The van der Waals surface area contributed by atoms with Crippen LogP contribution >= 0.6 is 11.8 Å². The number of rotatable bonds is 8. The van der Waals surface area contributed by atoms with Crippen molar-refractivity contribution in [3.05, 3.63) is 24.3 Å². The van der Waals surface area contributed by atoms with Crippen molar-refractivity contribution in [2.45, 2.75) is 18.9 Å². The van der Waals surface area contributed by atoms with E-state index in [9.17, 15) is 14.7 Å². The van der Waals surface area contributed by atoms with Crippen molar-refractivity contribution in [3.63, 3.8) is 0 Å². The summed E-state index contributed by atoms with van der Waals surface area (Å²) in [5.74, 6) is 0.790. The number of nitrogens with zero attached hydrogens (tertiary/aromatic N) is 1. The number of hydrogen-bond acceptors (Lipinski definition) is 5. The molecule has 0 bridgehead atoms.